The van der Waals surface area contributed by atoms with Crippen LogP contribution in [0.5, 0.6) is 11.5 Å². The minimum Gasteiger partial charge on any atom is -0.485 e. The van der Waals surface area contributed by atoms with Crippen LogP contribution < -0.4 is 9.47 Å². The normalized spacial score (nSPS) is 14.7. The van der Waals surface area contributed by atoms with E-state index in [1.54, 1.807) is 0 Å². The molecule has 1 aliphatic heterocycles. The summed E-state index contributed by atoms with van der Waals surface area (Å²) in [6.45, 7) is 0.174. The van der Waals surface area contributed by atoms with E-state index in [4.69, 9.17) is 9.47 Å². The number of ether oxygens (including phenoxy) is 2. The number of rotatable bonds is 1. The van der Waals surface area contributed by atoms with E-state index in [9.17, 15) is 18.0 Å². The fraction of sp³-hybridized carbons (Fsp3) is 0.300. The second-order valence-electron chi connectivity index (χ2n) is 3.17. The van der Waals surface area contributed by atoms with Gasteiger partial charge in [0.1, 0.15) is 18.8 Å². The topological polar surface area (TPSA) is 35.5 Å². The van der Waals surface area contributed by atoms with Gasteiger partial charge in [0.05, 0.1) is 5.56 Å². The molecule has 0 fully saturated rings. The Labute approximate surface area is 88.8 Å². The van der Waals surface area contributed by atoms with E-state index in [1.165, 1.54) is 0 Å². The summed E-state index contributed by atoms with van der Waals surface area (Å²) in [6, 6.07) is 1.89. The van der Waals surface area contributed by atoms with Gasteiger partial charge in [-0.15, -0.1) is 0 Å². The lowest BCUT2D eigenvalue weighted by Crippen LogP contribution is -2.20. The van der Waals surface area contributed by atoms with Gasteiger partial charge in [-0.25, -0.2) is 0 Å². The van der Waals surface area contributed by atoms with E-state index in [0.29, 0.717) is 6.29 Å². The number of fused-ring (bicyclic) bond motifs is 1. The summed E-state index contributed by atoms with van der Waals surface area (Å²) in [5.74, 6) is -0.528. The first-order valence-electron chi connectivity index (χ1n) is 4.49. The van der Waals surface area contributed by atoms with Gasteiger partial charge in [-0.05, 0) is 12.1 Å². The van der Waals surface area contributed by atoms with Gasteiger partial charge < -0.3 is 9.47 Å². The van der Waals surface area contributed by atoms with E-state index >= 15 is 0 Å². The van der Waals surface area contributed by atoms with E-state index in [2.05, 4.69) is 0 Å². The molecule has 1 aromatic carbocycles. The molecule has 86 valence electrons. The first kappa shape index (κ1) is 10.8. The number of benzene rings is 1. The van der Waals surface area contributed by atoms with Gasteiger partial charge in [-0.2, -0.15) is 13.2 Å². The Morgan fingerprint density at radius 1 is 1.12 bits per heavy atom. The predicted octanol–water partition coefficient (Wildman–Crippen LogP) is 2.29. The van der Waals surface area contributed by atoms with Crippen LogP contribution in [0.25, 0.3) is 0 Å². The monoisotopic (exact) mass is 232 g/mol. The van der Waals surface area contributed by atoms with Crippen molar-refractivity contribution in [1.29, 1.82) is 0 Å². The van der Waals surface area contributed by atoms with Crippen LogP contribution in [0.3, 0.4) is 0 Å². The lowest BCUT2D eigenvalue weighted by atomic mass is 10.1. The van der Waals surface area contributed by atoms with Crippen molar-refractivity contribution >= 4 is 6.29 Å². The number of alkyl halides is 3. The molecule has 0 N–H and O–H groups in total. The number of aldehydes is 1. The lowest BCUT2D eigenvalue weighted by molar-refractivity contribution is -0.139. The van der Waals surface area contributed by atoms with Crippen molar-refractivity contribution in [1.82, 2.24) is 0 Å². The molecule has 1 aromatic rings. The minimum absolute atomic E-state index is 0.0401. The van der Waals surface area contributed by atoms with Crippen LogP contribution in [0.4, 0.5) is 13.2 Å². The number of halogens is 3. The Bertz CT molecular complexity index is 426. The zero-order valence-electron chi connectivity index (χ0n) is 8.00. The average Bonchev–Trinajstić information content (AvgIpc) is 2.26. The average molecular weight is 232 g/mol. The Morgan fingerprint density at radius 3 is 2.31 bits per heavy atom. The number of carbonyl (C=O) groups is 1. The first-order valence-corrected chi connectivity index (χ1v) is 4.49. The first-order chi connectivity index (χ1) is 7.54. The van der Waals surface area contributed by atoms with Crippen LogP contribution in [0.1, 0.15) is 15.9 Å². The van der Waals surface area contributed by atoms with E-state index in [1.807, 2.05) is 0 Å². The van der Waals surface area contributed by atoms with Gasteiger partial charge >= 0.3 is 6.18 Å². The summed E-state index contributed by atoms with van der Waals surface area (Å²) in [6.07, 6.45) is -4.08. The van der Waals surface area contributed by atoms with Crippen LogP contribution in [0, 0.1) is 0 Å². The van der Waals surface area contributed by atoms with Crippen molar-refractivity contribution in [2.45, 2.75) is 6.18 Å². The molecule has 0 spiro atoms. The van der Waals surface area contributed by atoms with Crippen LogP contribution in [0.2, 0.25) is 0 Å². The van der Waals surface area contributed by atoms with E-state index < -0.39 is 17.5 Å². The standard InChI is InChI=1S/C10H7F3O3/c11-10(12,13)7-2-1-6(5-14)8-9(7)16-4-3-15-8/h1-2,5H,3-4H2. The molecular formula is C10H7F3O3. The third-order valence-corrected chi connectivity index (χ3v) is 2.15. The molecule has 0 aromatic heterocycles. The van der Waals surface area contributed by atoms with Crippen molar-refractivity contribution in [3.63, 3.8) is 0 Å². The molecule has 0 bridgehead atoms. The maximum atomic E-state index is 12.6. The number of hydrogen-bond acceptors (Lipinski definition) is 3. The second kappa shape index (κ2) is 3.70. The second-order valence-corrected chi connectivity index (χ2v) is 3.17. The molecule has 0 unspecified atom stereocenters. The smallest absolute Gasteiger partial charge is 0.420 e. The molecule has 0 radical (unpaired) electrons. The van der Waals surface area contributed by atoms with Gasteiger partial charge in [0.2, 0.25) is 0 Å². The lowest BCUT2D eigenvalue weighted by Gasteiger charge is -2.23. The summed E-state index contributed by atoms with van der Waals surface area (Å²) in [4.78, 5) is 10.6. The fourth-order valence-electron chi connectivity index (χ4n) is 1.47. The highest BCUT2D eigenvalue weighted by molar-refractivity contribution is 5.82. The maximum Gasteiger partial charge on any atom is 0.420 e. The molecule has 1 heterocycles. The Hall–Kier alpha value is -1.72. The summed E-state index contributed by atoms with van der Waals surface area (Å²) < 4.78 is 47.7. The Balaban J connectivity index is 2.61. The number of carbonyl (C=O) groups excluding carboxylic acids is 1. The third kappa shape index (κ3) is 1.70. The van der Waals surface area contributed by atoms with Gasteiger partial charge in [0.15, 0.2) is 17.8 Å². The van der Waals surface area contributed by atoms with Gasteiger partial charge in [-0.1, -0.05) is 0 Å². The van der Waals surface area contributed by atoms with Gasteiger partial charge in [0, 0.05) is 0 Å². The molecule has 6 heteroatoms. The largest absolute Gasteiger partial charge is 0.485 e. The van der Waals surface area contributed by atoms with Crippen LogP contribution in [-0.4, -0.2) is 19.5 Å². The van der Waals surface area contributed by atoms with E-state index in [-0.39, 0.29) is 24.5 Å². The summed E-state index contributed by atoms with van der Waals surface area (Å²) in [5.41, 5.74) is -0.865. The third-order valence-electron chi connectivity index (χ3n) is 2.15. The van der Waals surface area contributed by atoms with Crippen molar-refractivity contribution in [2.75, 3.05) is 13.2 Å². The molecular weight excluding hydrogens is 225 g/mol. The van der Waals surface area contributed by atoms with Crippen molar-refractivity contribution in [3.05, 3.63) is 23.3 Å². The molecule has 0 atom stereocenters. The van der Waals surface area contributed by atoms with Gasteiger partial charge in [0.25, 0.3) is 0 Å². The molecule has 3 nitrogen and oxygen atoms in total. The maximum absolute atomic E-state index is 12.6. The van der Waals surface area contributed by atoms with Crippen molar-refractivity contribution in [2.24, 2.45) is 0 Å². The summed E-state index contributed by atoms with van der Waals surface area (Å²) in [5, 5.41) is 0. The molecule has 0 aliphatic carbocycles. The summed E-state index contributed by atoms with van der Waals surface area (Å²) >= 11 is 0. The molecule has 16 heavy (non-hydrogen) atoms. The Morgan fingerprint density at radius 2 is 1.75 bits per heavy atom. The number of hydrogen-bond donors (Lipinski definition) is 0. The zero-order chi connectivity index (χ0) is 11.8. The molecule has 1 aliphatic rings. The van der Waals surface area contributed by atoms with Crippen LogP contribution in [0.15, 0.2) is 12.1 Å². The van der Waals surface area contributed by atoms with Crippen LogP contribution in [-0.2, 0) is 6.18 Å². The molecule has 0 saturated heterocycles. The minimum atomic E-state index is -4.52. The van der Waals surface area contributed by atoms with Crippen molar-refractivity contribution < 1.29 is 27.4 Å². The van der Waals surface area contributed by atoms with Crippen LogP contribution >= 0.6 is 0 Å². The fourth-order valence-corrected chi connectivity index (χ4v) is 1.47. The predicted molar refractivity (Wildman–Crippen MR) is 47.8 cm³/mol. The van der Waals surface area contributed by atoms with Crippen molar-refractivity contribution in [3.8, 4) is 11.5 Å². The van der Waals surface area contributed by atoms with Gasteiger partial charge in [-0.3, -0.25) is 4.79 Å². The SMILES string of the molecule is O=Cc1ccc(C(F)(F)F)c2c1OCCO2. The zero-order valence-corrected chi connectivity index (χ0v) is 8.00. The Kier molecular flexibility index (Phi) is 2.49. The quantitative estimate of drug-likeness (QED) is 0.697. The highest BCUT2D eigenvalue weighted by atomic mass is 19.4. The highest BCUT2D eigenvalue weighted by Crippen LogP contribution is 2.44. The summed E-state index contributed by atoms with van der Waals surface area (Å²) in [7, 11) is 0. The highest BCUT2D eigenvalue weighted by Gasteiger charge is 2.37. The molecule has 0 saturated carbocycles. The molecule has 0 amide bonds. The van der Waals surface area contributed by atoms with E-state index in [0.717, 1.165) is 12.1 Å². The molecule has 2 rings (SSSR count).